The highest BCUT2D eigenvalue weighted by Crippen LogP contribution is 2.37. The lowest BCUT2D eigenvalue weighted by molar-refractivity contribution is -0.128. The Bertz CT molecular complexity index is 1260. The van der Waals surface area contributed by atoms with Crippen molar-refractivity contribution >= 4 is 33.2 Å². The van der Waals surface area contributed by atoms with Crippen molar-refractivity contribution in [3.05, 3.63) is 83.4 Å². The van der Waals surface area contributed by atoms with Gasteiger partial charge in [0, 0.05) is 5.02 Å². The van der Waals surface area contributed by atoms with E-state index in [0.29, 0.717) is 22.9 Å². The Morgan fingerprint density at radius 1 is 1.12 bits per heavy atom. The SMILES string of the molecule is CC[C@@H](NC(=O)[C@@H]1CN(S(=O)(=O)c2ccc(Cl)cc2)c2ccccc2O1)c1ccc(OC)cc1. The Labute approximate surface area is 204 Å². The number of benzene rings is 3. The molecule has 9 heteroatoms. The van der Waals surface area contributed by atoms with Gasteiger partial charge in [0.15, 0.2) is 6.10 Å². The fraction of sp³-hybridized carbons (Fsp3) is 0.240. The number of hydrogen-bond acceptors (Lipinski definition) is 5. The van der Waals surface area contributed by atoms with Crippen molar-refractivity contribution in [2.75, 3.05) is 18.0 Å². The first-order chi connectivity index (χ1) is 16.3. The summed E-state index contributed by atoms with van der Waals surface area (Å²) in [5.41, 5.74) is 1.29. The number of halogens is 1. The van der Waals surface area contributed by atoms with Crippen LogP contribution in [-0.4, -0.2) is 34.1 Å². The lowest BCUT2D eigenvalue weighted by Gasteiger charge is -2.35. The summed E-state index contributed by atoms with van der Waals surface area (Å²) in [7, 11) is -2.36. The summed E-state index contributed by atoms with van der Waals surface area (Å²) in [6, 6.07) is 19.9. The molecule has 1 N–H and O–H groups in total. The van der Waals surface area contributed by atoms with E-state index in [1.165, 1.54) is 28.6 Å². The second-order valence-electron chi connectivity index (χ2n) is 7.81. The predicted molar refractivity (Wildman–Crippen MR) is 131 cm³/mol. The maximum atomic E-state index is 13.5. The van der Waals surface area contributed by atoms with Crippen molar-refractivity contribution in [3.63, 3.8) is 0 Å². The van der Waals surface area contributed by atoms with E-state index < -0.39 is 22.0 Å². The van der Waals surface area contributed by atoms with Crippen LogP contribution < -0.4 is 19.1 Å². The lowest BCUT2D eigenvalue weighted by Crippen LogP contribution is -2.51. The van der Waals surface area contributed by atoms with Gasteiger partial charge < -0.3 is 14.8 Å². The summed E-state index contributed by atoms with van der Waals surface area (Å²) >= 11 is 5.93. The maximum absolute atomic E-state index is 13.5. The van der Waals surface area contributed by atoms with Gasteiger partial charge in [-0.25, -0.2) is 8.42 Å². The van der Waals surface area contributed by atoms with Crippen molar-refractivity contribution < 1.29 is 22.7 Å². The minimum atomic E-state index is -3.95. The first-order valence-corrected chi connectivity index (χ1v) is 12.6. The predicted octanol–water partition coefficient (Wildman–Crippen LogP) is 4.57. The highest BCUT2D eigenvalue weighted by Gasteiger charge is 2.38. The molecule has 0 saturated heterocycles. The lowest BCUT2D eigenvalue weighted by atomic mass is 10.0. The van der Waals surface area contributed by atoms with Gasteiger partial charge in [0.1, 0.15) is 11.5 Å². The van der Waals surface area contributed by atoms with E-state index in [4.69, 9.17) is 21.1 Å². The second-order valence-corrected chi connectivity index (χ2v) is 10.1. The standard InChI is InChI=1S/C25H25ClN2O5S/c1-3-21(17-8-12-19(32-2)13-9-17)27-25(29)24-16-28(22-6-4-5-7-23(22)33-24)34(30,31)20-14-10-18(26)11-15-20/h4-15,21,24H,3,16H2,1-2H3,(H,27,29)/t21-,24+/m1/s1. The number of nitrogens with zero attached hydrogens (tertiary/aromatic N) is 1. The zero-order valence-electron chi connectivity index (χ0n) is 18.8. The molecule has 7 nitrogen and oxygen atoms in total. The topological polar surface area (TPSA) is 84.9 Å². The van der Waals surface area contributed by atoms with Crippen LogP contribution in [-0.2, 0) is 14.8 Å². The van der Waals surface area contributed by atoms with Gasteiger partial charge in [0.2, 0.25) is 0 Å². The fourth-order valence-electron chi connectivity index (χ4n) is 3.82. The Kier molecular flexibility index (Phi) is 7.00. The zero-order valence-corrected chi connectivity index (χ0v) is 20.3. The minimum Gasteiger partial charge on any atom is -0.497 e. The number of ether oxygens (including phenoxy) is 2. The van der Waals surface area contributed by atoms with Crippen LogP contribution in [0.1, 0.15) is 24.9 Å². The van der Waals surface area contributed by atoms with Gasteiger partial charge in [-0.1, -0.05) is 42.8 Å². The number of fused-ring (bicyclic) bond motifs is 1. The number of rotatable bonds is 7. The number of anilines is 1. The molecule has 178 valence electrons. The molecule has 1 aliphatic rings. The second kappa shape index (κ2) is 9.95. The number of carbonyl (C=O) groups is 1. The van der Waals surface area contributed by atoms with Crippen LogP contribution in [0, 0.1) is 0 Å². The van der Waals surface area contributed by atoms with Gasteiger partial charge >= 0.3 is 0 Å². The first kappa shape index (κ1) is 23.9. The third-order valence-corrected chi connectivity index (χ3v) is 7.72. The Morgan fingerprint density at radius 3 is 2.44 bits per heavy atom. The Balaban J connectivity index is 1.60. The average Bonchev–Trinajstić information content (AvgIpc) is 2.86. The molecule has 3 aromatic rings. The van der Waals surface area contributed by atoms with Gasteiger partial charge in [-0.2, -0.15) is 0 Å². The molecule has 1 heterocycles. The maximum Gasteiger partial charge on any atom is 0.264 e. The van der Waals surface area contributed by atoms with Crippen LogP contribution in [0.25, 0.3) is 0 Å². The fourth-order valence-corrected chi connectivity index (χ4v) is 5.42. The number of nitrogens with one attached hydrogen (secondary N) is 1. The molecule has 0 aromatic heterocycles. The number of methoxy groups -OCH3 is 1. The largest absolute Gasteiger partial charge is 0.497 e. The summed E-state index contributed by atoms with van der Waals surface area (Å²) in [5.74, 6) is 0.651. The van der Waals surface area contributed by atoms with Crippen LogP contribution in [0.4, 0.5) is 5.69 Å². The van der Waals surface area contributed by atoms with Crippen molar-refractivity contribution in [1.29, 1.82) is 0 Å². The van der Waals surface area contributed by atoms with Crippen LogP contribution >= 0.6 is 11.6 Å². The number of amides is 1. The van der Waals surface area contributed by atoms with E-state index in [0.717, 1.165) is 11.3 Å². The molecule has 0 unspecified atom stereocenters. The molecule has 4 rings (SSSR count). The first-order valence-electron chi connectivity index (χ1n) is 10.8. The van der Waals surface area contributed by atoms with Crippen LogP contribution in [0.3, 0.4) is 0 Å². The van der Waals surface area contributed by atoms with Gasteiger partial charge in [0.25, 0.3) is 15.9 Å². The van der Waals surface area contributed by atoms with E-state index in [1.807, 2.05) is 31.2 Å². The molecule has 0 spiro atoms. The van der Waals surface area contributed by atoms with E-state index >= 15 is 0 Å². The number of carbonyl (C=O) groups excluding carboxylic acids is 1. The van der Waals surface area contributed by atoms with E-state index in [-0.39, 0.29) is 17.5 Å². The molecule has 0 radical (unpaired) electrons. The van der Waals surface area contributed by atoms with Gasteiger partial charge in [-0.3, -0.25) is 9.10 Å². The molecule has 0 aliphatic carbocycles. The number of hydrogen-bond donors (Lipinski definition) is 1. The quantitative estimate of drug-likeness (QED) is 0.513. The van der Waals surface area contributed by atoms with E-state index in [2.05, 4.69) is 5.32 Å². The van der Waals surface area contributed by atoms with Crippen molar-refractivity contribution in [2.45, 2.75) is 30.4 Å². The molecular formula is C25H25ClN2O5S. The van der Waals surface area contributed by atoms with Crippen molar-refractivity contribution in [2.24, 2.45) is 0 Å². The smallest absolute Gasteiger partial charge is 0.264 e. The molecule has 3 aromatic carbocycles. The monoisotopic (exact) mass is 500 g/mol. The Morgan fingerprint density at radius 2 is 1.79 bits per heavy atom. The van der Waals surface area contributed by atoms with Gasteiger partial charge in [0.05, 0.1) is 30.3 Å². The third-order valence-electron chi connectivity index (χ3n) is 5.67. The summed E-state index contributed by atoms with van der Waals surface area (Å²) in [5, 5.41) is 3.43. The van der Waals surface area contributed by atoms with Crippen molar-refractivity contribution in [3.8, 4) is 11.5 Å². The number of sulfonamides is 1. The molecule has 0 bridgehead atoms. The zero-order chi connectivity index (χ0) is 24.3. The van der Waals surface area contributed by atoms with Crippen LogP contribution in [0.5, 0.6) is 11.5 Å². The molecule has 1 amide bonds. The van der Waals surface area contributed by atoms with Crippen LogP contribution in [0.15, 0.2) is 77.7 Å². The van der Waals surface area contributed by atoms with E-state index in [1.54, 1.807) is 31.4 Å². The van der Waals surface area contributed by atoms with E-state index in [9.17, 15) is 13.2 Å². The number of para-hydroxylation sites is 2. The molecule has 34 heavy (non-hydrogen) atoms. The summed E-state index contributed by atoms with van der Waals surface area (Å²) in [6.45, 7) is 1.80. The van der Waals surface area contributed by atoms with Crippen LogP contribution in [0.2, 0.25) is 5.02 Å². The average molecular weight is 501 g/mol. The minimum absolute atomic E-state index is 0.0810. The summed E-state index contributed by atoms with van der Waals surface area (Å²) < 4.78 is 39.3. The van der Waals surface area contributed by atoms with Gasteiger partial charge in [-0.15, -0.1) is 0 Å². The summed E-state index contributed by atoms with van der Waals surface area (Å²) in [6.07, 6.45) is -0.377. The highest BCUT2D eigenvalue weighted by molar-refractivity contribution is 7.92. The Hall–Kier alpha value is -3.23. The third kappa shape index (κ3) is 4.83. The molecule has 1 aliphatic heterocycles. The highest BCUT2D eigenvalue weighted by atomic mass is 35.5. The molecule has 0 fully saturated rings. The molecular weight excluding hydrogens is 476 g/mol. The van der Waals surface area contributed by atoms with Gasteiger partial charge in [-0.05, 0) is 60.5 Å². The molecule has 2 atom stereocenters. The molecule has 0 saturated carbocycles. The normalized spacial score (nSPS) is 16.2. The van der Waals surface area contributed by atoms with Crippen molar-refractivity contribution in [1.82, 2.24) is 5.32 Å². The summed E-state index contributed by atoms with van der Waals surface area (Å²) in [4.78, 5) is 13.3.